The average molecular weight is 343 g/mol. The predicted molar refractivity (Wildman–Crippen MR) is 92.8 cm³/mol. The van der Waals surface area contributed by atoms with Crippen LogP contribution in [0.25, 0.3) is 4.96 Å². The van der Waals surface area contributed by atoms with Crippen molar-refractivity contribution in [1.82, 2.24) is 14.7 Å². The molecule has 1 atom stereocenters. The third kappa shape index (κ3) is 3.03. The molecule has 0 fully saturated rings. The fourth-order valence-corrected chi connectivity index (χ4v) is 3.15. The first-order valence-corrected chi connectivity index (χ1v) is 8.41. The Morgan fingerprint density at radius 3 is 2.79 bits per heavy atom. The van der Waals surface area contributed by atoms with Crippen molar-refractivity contribution in [3.63, 3.8) is 0 Å². The summed E-state index contributed by atoms with van der Waals surface area (Å²) in [6.07, 6.45) is 3.66. The molecule has 1 unspecified atom stereocenters. The van der Waals surface area contributed by atoms with Crippen molar-refractivity contribution in [2.75, 3.05) is 7.11 Å². The predicted octanol–water partition coefficient (Wildman–Crippen LogP) is 2.65. The monoisotopic (exact) mass is 343 g/mol. The maximum absolute atomic E-state index is 12.5. The first-order chi connectivity index (χ1) is 11.6. The van der Waals surface area contributed by atoms with Crippen LogP contribution in [0.4, 0.5) is 0 Å². The molecule has 0 aliphatic rings. The van der Waals surface area contributed by atoms with E-state index < -0.39 is 5.91 Å². The van der Waals surface area contributed by atoms with Gasteiger partial charge < -0.3 is 10.1 Å². The summed E-state index contributed by atoms with van der Waals surface area (Å²) in [6, 6.07) is 7.31. The molecule has 0 aliphatic heterocycles. The molecule has 0 bridgehead atoms. The van der Waals surface area contributed by atoms with E-state index in [4.69, 9.17) is 4.74 Å². The minimum atomic E-state index is -0.421. The van der Waals surface area contributed by atoms with Crippen LogP contribution < -0.4 is 15.6 Å². The SMILES string of the molecule is CCC(NC(=O)c1cnc2sccn2c1=O)c1ccc(OC)cc1. The van der Waals surface area contributed by atoms with Gasteiger partial charge in [0.2, 0.25) is 0 Å². The zero-order chi connectivity index (χ0) is 17.1. The molecular formula is C17H17N3O3S. The highest BCUT2D eigenvalue weighted by molar-refractivity contribution is 7.15. The third-order valence-corrected chi connectivity index (χ3v) is 4.59. The molecule has 3 rings (SSSR count). The molecule has 0 spiro atoms. The number of carbonyl (C=O) groups excluding carboxylic acids is 1. The van der Waals surface area contributed by atoms with E-state index >= 15 is 0 Å². The fraction of sp³-hybridized carbons (Fsp3) is 0.235. The van der Waals surface area contributed by atoms with Crippen LogP contribution in [-0.2, 0) is 0 Å². The first kappa shape index (κ1) is 16.2. The third-order valence-electron chi connectivity index (χ3n) is 3.82. The van der Waals surface area contributed by atoms with E-state index in [9.17, 15) is 9.59 Å². The Balaban J connectivity index is 1.85. The van der Waals surface area contributed by atoms with Crippen LogP contribution in [0.15, 0.2) is 46.8 Å². The minimum Gasteiger partial charge on any atom is -0.497 e. The number of ether oxygens (including phenoxy) is 1. The summed E-state index contributed by atoms with van der Waals surface area (Å²) in [7, 11) is 1.61. The highest BCUT2D eigenvalue weighted by atomic mass is 32.1. The van der Waals surface area contributed by atoms with Crippen molar-refractivity contribution in [2.24, 2.45) is 0 Å². The zero-order valence-electron chi connectivity index (χ0n) is 13.4. The van der Waals surface area contributed by atoms with Crippen molar-refractivity contribution >= 4 is 22.2 Å². The summed E-state index contributed by atoms with van der Waals surface area (Å²) >= 11 is 1.35. The lowest BCUT2D eigenvalue weighted by Gasteiger charge is -2.17. The summed E-state index contributed by atoms with van der Waals surface area (Å²) in [5, 5.41) is 4.67. The van der Waals surface area contributed by atoms with Gasteiger partial charge >= 0.3 is 0 Å². The second kappa shape index (κ2) is 6.84. The van der Waals surface area contributed by atoms with Gasteiger partial charge in [0.25, 0.3) is 11.5 Å². The fourth-order valence-electron chi connectivity index (χ4n) is 2.47. The van der Waals surface area contributed by atoms with Gasteiger partial charge in [-0.15, -0.1) is 11.3 Å². The number of methoxy groups -OCH3 is 1. The van der Waals surface area contributed by atoms with Crippen molar-refractivity contribution in [2.45, 2.75) is 19.4 Å². The Labute approximate surface area is 142 Å². The summed E-state index contributed by atoms with van der Waals surface area (Å²) in [5.41, 5.74) is 0.637. The molecule has 2 aromatic heterocycles. The van der Waals surface area contributed by atoms with Gasteiger partial charge in [-0.3, -0.25) is 14.0 Å². The number of fused-ring (bicyclic) bond motifs is 1. The second-order valence-electron chi connectivity index (χ2n) is 5.24. The lowest BCUT2D eigenvalue weighted by molar-refractivity contribution is 0.0933. The van der Waals surface area contributed by atoms with E-state index in [-0.39, 0.29) is 17.2 Å². The molecule has 24 heavy (non-hydrogen) atoms. The Kier molecular flexibility index (Phi) is 4.61. The number of benzene rings is 1. The van der Waals surface area contributed by atoms with Crippen LogP contribution in [0.1, 0.15) is 35.3 Å². The molecule has 1 aromatic carbocycles. The minimum absolute atomic E-state index is 0.0397. The number of hydrogen-bond donors (Lipinski definition) is 1. The highest BCUT2D eigenvalue weighted by Crippen LogP contribution is 2.20. The summed E-state index contributed by atoms with van der Waals surface area (Å²) in [4.78, 5) is 29.6. The number of nitrogens with zero attached hydrogens (tertiary/aromatic N) is 2. The highest BCUT2D eigenvalue weighted by Gasteiger charge is 2.18. The maximum Gasteiger partial charge on any atom is 0.271 e. The average Bonchev–Trinajstić information content (AvgIpc) is 3.09. The normalized spacial score (nSPS) is 12.1. The van der Waals surface area contributed by atoms with E-state index in [2.05, 4.69) is 10.3 Å². The summed E-state index contributed by atoms with van der Waals surface area (Å²) in [6.45, 7) is 1.97. The van der Waals surface area contributed by atoms with E-state index in [1.807, 2.05) is 31.2 Å². The van der Waals surface area contributed by atoms with Crippen LogP contribution in [0, 0.1) is 0 Å². The Bertz CT molecular complexity index is 915. The summed E-state index contributed by atoms with van der Waals surface area (Å²) in [5.74, 6) is 0.334. The molecule has 0 saturated carbocycles. The van der Waals surface area contributed by atoms with Gasteiger partial charge in [-0.2, -0.15) is 0 Å². The topological polar surface area (TPSA) is 72.7 Å². The lowest BCUT2D eigenvalue weighted by Crippen LogP contribution is -2.33. The van der Waals surface area contributed by atoms with E-state index in [0.717, 1.165) is 11.3 Å². The summed E-state index contributed by atoms with van der Waals surface area (Å²) < 4.78 is 6.53. The van der Waals surface area contributed by atoms with Crippen molar-refractivity contribution in [3.05, 3.63) is 63.5 Å². The number of aromatic nitrogens is 2. The number of hydrogen-bond acceptors (Lipinski definition) is 5. The maximum atomic E-state index is 12.5. The first-order valence-electron chi connectivity index (χ1n) is 7.53. The number of thiazole rings is 1. The van der Waals surface area contributed by atoms with Gasteiger partial charge in [0.1, 0.15) is 11.3 Å². The van der Waals surface area contributed by atoms with Crippen LogP contribution >= 0.6 is 11.3 Å². The quantitative estimate of drug-likeness (QED) is 0.773. The molecule has 6 nitrogen and oxygen atoms in total. The van der Waals surface area contributed by atoms with Gasteiger partial charge in [0.05, 0.1) is 13.2 Å². The van der Waals surface area contributed by atoms with Crippen molar-refractivity contribution in [3.8, 4) is 5.75 Å². The molecule has 7 heteroatoms. The van der Waals surface area contributed by atoms with Gasteiger partial charge in [0.15, 0.2) is 4.96 Å². The molecule has 124 valence electrons. The molecular weight excluding hydrogens is 326 g/mol. The van der Waals surface area contributed by atoms with E-state index in [1.54, 1.807) is 18.7 Å². The van der Waals surface area contributed by atoms with Crippen molar-refractivity contribution < 1.29 is 9.53 Å². The molecule has 1 amide bonds. The van der Waals surface area contributed by atoms with Gasteiger partial charge in [-0.25, -0.2) is 4.98 Å². The number of rotatable bonds is 5. The van der Waals surface area contributed by atoms with Crippen LogP contribution in [0.3, 0.4) is 0 Å². The van der Waals surface area contributed by atoms with Crippen LogP contribution in [-0.4, -0.2) is 22.4 Å². The molecule has 0 radical (unpaired) electrons. The smallest absolute Gasteiger partial charge is 0.271 e. The van der Waals surface area contributed by atoms with Gasteiger partial charge in [-0.1, -0.05) is 19.1 Å². The number of nitrogens with one attached hydrogen (secondary N) is 1. The van der Waals surface area contributed by atoms with E-state index in [1.165, 1.54) is 21.9 Å². The number of carbonyl (C=O) groups is 1. The van der Waals surface area contributed by atoms with E-state index in [0.29, 0.717) is 11.4 Å². The molecule has 0 saturated heterocycles. The largest absolute Gasteiger partial charge is 0.497 e. The zero-order valence-corrected chi connectivity index (χ0v) is 14.2. The Hall–Kier alpha value is -2.67. The van der Waals surface area contributed by atoms with Gasteiger partial charge in [0, 0.05) is 17.8 Å². The van der Waals surface area contributed by atoms with Crippen LogP contribution in [0.5, 0.6) is 5.75 Å². The standard InChI is InChI=1S/C17H17N3O3S/c1-3-14(11-4-6-12(23-2)7-5-11)19-15(21)13-10-18-17-20(16(13)22)8-9-24-17/h4-10,14H,3H2,1-2H3,(H,19,21). The molecule has 3 aromatic rings. The lowest BCUT2D eigenvalue weighted by atomic mass is 10.0. The molecule has 0 aliphatic carbocycles. The number of amides is 1. The van der Waals surface area contributed by atoms with Gasteiger partial charge in [-0.05, 0) is 24.1 Å². The molecule has 1 N–H and O–H groups in total. The Morgan fingerprint density at radius 1 is 1.38 bits per heavy atom. The Morgan fingerprint density at radius 2 is 2.12 bits per heavy atom. The van der Waals surface area contributed by atoms with Crippen molar-refractivity contribution in [1.29, 1.82) is 0 Å². The molecule has 2 heterocycles. The van der Waals surface area contributed by atoms with Crippen LogP contribution in [0.2, 0.25) is 0 Å². The second-order valence-corrected chi connectivity index (χ2v) is 6.11.